The van der Waals surface area contributed by atoms with Crippen LogP contribution in [0.3, 0.4) is 0 Å². The van der Waals surface area contributed by atoms with Crippen molar-refractivity contribution in [3.05, 3.63) is 52.4 Å². The number of fused-ring (bicyclic) bond motifs is 1. The molecule has 1 aliphatic heterocycles. The molecule has 29 heavy (non-hydrogen) atoms. The molecule has 0 atom stereocenters. The summed E-state index contributed by atoms with van der Waals surface area (Å²) < 4.78 is 1.14. The van der Waals surface area contributed by atoms with Crippen LogP contribution < -0.4 is 16.7 Å². The van der Waals surface area contributed by atoms with Gasteiger partial charge in [-0.2, -0.15) is 0 Å². The predicted octanol–water partition coefficient (Wildman–Crippen LogP) is 1.39. The second-order valence-electron chi connectivity index (χ2n) is 7.10. The number of thiophene rings is 1. The number of nitrogens with zero attached hydrogens (tertiary/aromatic N) is 3. The number of carbonyl (C=O) groups is 2. The summed E-state index contributed by atoms with van der Waals surface area (Å²) in [7, 11) is 0. The smallest absolute Gasteiger partial charge is 0.281 e. The first kappa shape index (κ1) is 19.3. The molecule has 4 rings (SSSR count). The van der Waals surface area contributed by atoms with Gasteiger partial charge in [0.2, 0.25) is 5.91 Å². The van der Waals surface area contributed by atoms with E-state index in [0.717, 1.165) is 15.8 Å². The molecule has 9 heteroatoms. The highest BCUT2D eigenvalue weighted by Crippen LogP contribution is 2.30. The second-order valence-corrected chi connectivity index (χ2v) is 7.96. The number of benzene rings is 1. The number of nitrogens with two attached hydrogens (primary N) is 1. The number of rotatable bonds is 5. The lowest BCUT2D eigenvalue weighted by Crippen LogP contribution is -2.44. The summed E-state index contributed by atoms with van der Waals surface area (Å²) in [5.74, 6) is -0.717. The maximum Gasteiger partial charge on any atom is 0.281 e. The molecule has 0 saturated carbocycles. The quantitative estimate of drug-likeness (QED) is 0.659. The maximum absolute atomic E-state index is 13.0. The van der Waals surface area contributed by atoms with Gasteiger partial charge in [-0.3, -0.25) is 24.7 Å². The van der Waals surface area contributed by atoms with Gasteiger partial charge >= 0.3 is 0 Å². The zero-order chi connectivity index (χ0) is 20.4. The van der Waals surface area contributed by atoms with Crippen LogP contribution in [-0.2, 0) is 9.59 Å². The highest BCUT2D eigenvalue weighted by Gasteiger charge is 2.24. The molecule has 0 spiro atoms. The van der Waals surface area contributed by atoms with Gasteiger partial charge < -0.3 is 5.73 Å². The Morgan fingerprint density at radius 3 is 2.62 bits per heavy atom. The van der Waals surface area contributed by atoms with E-state index in [4.69, 9.17) is 5.73 Å². The third kappa shape index (κ3) is 4.06. The number of hydrogen-bond donors (Lipinski definition) is 2. The van der Waals surface area contributed by atoms with Crippen molar-refractivity contribution in [2.45, 2.75) is 12.8 Å². The van der Waals surface area contributed by atoms with E-state index in [9.17, 15) is 14.4 Å². The van der Waals surface area contributed by atoms with Crippen molar-refractivity contribution in [3.63, 3.8) is 0 Å². The largest absolute Gasteiger partial charge is 0.369 e. The molecule has 3 N–H and O–H groups in total. The van der Waals surface area contributed by atoms with Gasteiger partial charge in [-0.15, -0.1) is 11.3 Å². The minimum absolute atomic E-state index is 0.126. The molecule has 3 heterocycles. The lowest BCUT2D eigenvalue weighted by atomic mass is 9.96. The third-order valence-corrected chi connectivity index (χ3v) is 6.07. The Balaban J connectivity index is 1.50. The van der Waals surface area contributed by atoms with Crippen molar-refractivity contribution >= 4 is 33.4 Å². The summed E-state index contributed by atoms with van der Waals surface area (Å²) in [5.41, 5.74) is 9.39. The number of carbonyl (C=O) groups excluding carboxylic acids is 2. The van der Waals surface area contributed by atoms with Crippen molar-refractivity contribution in [2.24, 2.45) is 11.7 Å². The van der Waals surface area contributed by atoms with Gasteiger partial charge in [0.25, 0.3) is 11.5 Å². The normalized spacial score (nSPS) is 15.4. The number of aromatic nitrogens is 2. The van der Waals surface area contributed by atoms with Crippen molar-refractivity contribution in [1.29, 1.82) is 0 Å². The van der Waals surface area contributed by atoms with Crippen LogP contribution in [-0.4, -0.2) is 46.0 Å². The van der Waals surface area contributed by atoms with Gasteiger partial charge in [0.15, 0.2) is 0 Å². The Morgan fingerprint density at radius 1 is 1.21 bits per heavy atom. The summed E-state index contributed by atoms with van der Waals surface area (Å²) in [6.07, 6.45) is 2.63. The second kappa shape index (κ2) is 8.14. The van der Waals surface area contributed by atoms with Gasteiger partial charge in [0.1, 0.15) is 11.2 Å². The molecular formula is C20H21N5O3S. The topological polar surface area (TPSA) is 110 Å². The Hall–Kier alpha value is -3.04. The Labute approximate surface area is 170 Å². The summed E-state index contributed by atoms with van der Waals surface area (Å²) in [5, 5.41) is 2.40. The minimum atomic E-state index is -0.309. The SMILES string of the molecule is NC(=O)C1CCN(CC(=O)Nn2cnc3scc(-c4ccccc4)c3c2=O)CC1. The molecule has 0 bridgehead atoms. The minimum Gasteiger partial charge on any atom is -0.369 e. The zero-order valence-corrected chi connectivity index (χ0v) is 16.5. The van der Waals surface area contributed by atoms with Gasteiger partial charge in [0, 0.05) is 16.9 Å². The number of amides is 2. The van der Waals surface area contributed by atoms with E-state index >= 15 is 0 Å². The average Bonchev–Trinajstić information content (AvgIpc) is 3.16. The van der Waals surface area contributed by atoms with Crippen LogP contribution >= 0.6 is 11.3 Å². The monoisotopic (exact) mass is 411 g/mol. The molecule has 3 aromatic rings. The van der Waals surface area contributed by atoms with Gasteiger partial charge in [-0.05, 0) is 31.5 Å². The van der Waals surface area contributed by atoms with E-state index in [2.05, 4.69) is 10.4 Å². The van der Waals surface area contributed by atoms with Crippen molar-refractivity contribution in [1.82, 2.24) is 14.6 Å². The highest BCUT2D eigenvalue weighted by molar-refractivity contribution is 7.17. The highest BCUT2D eigenvalue weighted by atomic mass is 32.1. The lowest BCUT2D eigenvalue weighted by Gasteiger charge is -2.29. The fraction of sp³-hybridized carbons (Fsp3) is 0.300. The molecule has 1 saturated heterocycles. The molecule has 1 fully saturated rings. The van der Waals surface area contributed by atoms with Gasteiger partial charge in [-0.25, -0.2) is 9.66 Å². The fourth-order valence-corrected chi connectivity index (χ4v) is 4.50. The van der Waals surface area contributed by atoms with E-state index in [1.165, 1.54) is 17.7 Å². The summed E-state index contributed by atoms with van der Waals surface area (Å²) >= 11 is 1.40. The summed E-state index contributed by atoms with van der Waals surface area (Å²) in [6, 6.07) is 9.62. The Morgan fingerprint density at radius 2 is 1.93 bits per heavy atom. The third-order valence-electron chi connectivity index (χ3n) is 5.18. The maximum atomic E-state index is 13.0. The summed E-state index contributed by atoms with van der Waals surface area (Å²) in [6.45, 7) is 1.39. The van der Waals surface area contributed by atoms with E-state index < -0.39 is 0 Å². The van der Waals surface area contributed by atoms with Crippen LogP contribution in [0.1, 0.15) is 12.8 Å². The summed E-state index contributed by atoms with van der Waals surface area (Å²) in [4.78, 5) is 43.6. The molecule has 0 radical (unpaired) electrons. The number of likely N-dealkylation sites (tertiary alicyclic amines) is 1. The number of hydrogen-bond acceptors (Lipinski definition) is 6. The average molecular weight is 411 g/mol. The van der Waals surface area contributed by atoms with Gasteiger partial charge in [0.05, 0.1) is 11.9 Å². The first-order valence-electron chi connectivity index (χ1n) is 9.38. The Kier molecular flexibility index (Phi) is 5.41. The van der Waals surface area contributed by atoms with E-state index in [0.29, 0.717) is 36.1 Å². The zero-order valence-electron chi connectivity index (χ0n) is 15.7. The van der Waals surface area contributed by atoms with Gasteiger partial charge in [-0.1, -0.05) is 30.3 Å². The van der Waals surface area contributed by atoms with Crippen LogP contribution in [0.15, 0.2) is 46.8 Å². The molecule has 0 aliphatic carbocycles. The lowest BCUT2D eigenvalue weighted by molar-refractivity contribution is -0.123. The van der Waals surface area contributed by atoms with Crippen LogP contribution in [0, 0.1) is 5.92 Å². The van der Waals surface area contributed by atoms with Crippen molar-refractivity contribution in [2.75, 3.05) is 25.1 Å². The van der Waals surface area contributed by atoms with Crippen LogP contribution in [0.4, 0.5) is 0 Å². The molecule has 2 amide bonds. The van der Waals surface area contributed by atoms with E-state index in [1.54, 1.807) is 0 Å². The fourth-order valence-electron chi connectivity index (χ4n) is 3.59. The first-order chi connectivity index (χ1) is 14.0. The molecular weight excluding hydrogens is 390 g/mol. The van der Waals surface area contributed by atoms with Crippen molar-refractivity contribution in [3.8, 4) is 11.1 Å². The van der Waals surface area contributed by atoms with Crippen LogP contribution in [0.5, 0.6) is 0 Å². The van der Waals surface area contributed by atoms with Crippen LogP contribution in [0.2, 0.25) is 0 Å². The van der Waals surface area contributed by atoms with Crippen molar-refractivity contribution < 1.29 is 9.59 Å². The molecule has 2 aromatic heterocycles. The molecule has 0 unspecified atom stereocenters. The van der Waals surface area contributed by atoms with Crippen LogP contribution in [0.25, 0.3) is 21.3 Å². The molecule has 150 valence electrons. The number of piperidine rings is 1. The van der Waals surface area contributed by atoms with E-state index in [-0.39, 0.29) is 29.8 Å². The van der Waals surface area contributed by atoms with E-state index in [1.807, 2.05) is 40.6 Å². The molecule has 8 nitrogen and oxygen atoms in total. The predicted molar refractivity (Wildman–Crippen MR) is 112 cm³/mol. The number of primary amides is 1. The molecule has 1 aliphatic rings. The molecule has 1 aromatic carbocycles. The first-order valence-corrected chi connectivity index (χ1v) is 10.3. The standard InChI is InChI=1S/C20H21N5O3S/c21-18(27)14-6-8-24(9-7-14)10-16(26)23-25-12-22-19-17(20(25)28)15(11-29-19)13-4-2-1-3-5-13/h1-5,11-12,14H,6-10H2,(H2,21,27)(H,23,26). The Bertz CT molecular complexity index is 1100. The number of nitrogens with one attached hydrogen (secondary N) is 1.